The summed E-state index contributed by atoms with van der Waals surface area (Å²) in [6.07, 6.45) is 3.99. The number of ether oxygens (including phenoxy) is 1. The molecule has 1 aliphatic carbocycles. The van der Waals surface area contributed by atoms with Crippen LogP contribution in [0.15, 0.2) is 12.3 Å². The number of nitrogen functional groups attached to an aromatic ring is 1. The highest BCUT2D eigenvalue weighted by Crippen LogP contribution is 2.28. The second-order valence-corrected chi connectivity index (χ2v) is 4.84. The summed E-state index contributed by atoms with van der Waals surface area (Å²) in [7, 11) is 1.82. The molecule has 0 amide bonds. The number of carboxylic acids is 1. The van der Waals surface area contributed by atoms with Gasteiger partial charge in [0.25, 0.3) is 0 Å². The van der Waals surface area contributed by atoms with Crippen LogP contribution in [0.25, 0.3) is 0 Å². The molecule has 6 nitrogen and oxygen atoms in total. The Morgan fingerprint density at radius 3 is 3.00 bits per heavy atom. The average Bonchev–Trinajstić information content (AvgIpc) is 3.18. The number of nitrogens with two attached hydrogens (primary N) is 1. The molecule has 0 bridgehead atoms. The van der Waals surface area contributed by atoms with Crippen LogP contribution < -0.4 is 10.6 Å². The lowest BCUT2D eigenvalue weighted by Gasteiger charge is -2.20. The summed E-state index contributed by atoms with van der Waals surface area (Å²) < 4.78 is 5.54. The monoisotopic (exact) mass is 265 g/mol. The zero-order valence-corrected chi connectivity index (χ0v) is 11.0. The van der Waals surface area contributed by atoms with Crippen molar-refractivity contribution in [2.75, 3.05) is 37.4 Å². The lowest BCUT2D eigenvalue weighted by molar-refractivity contribution is 0.0698. The zero-order valence-electron chi connectivity index (χ0n) is 11.0. The van der Waals surface area contributed by atoms with Crippen LogP contribution in [0.3, 0.4) is 0 Å². The Kier molecular flexibility index (Phi) is 4.21. The molecule has 1 fully saturated rings. The highest BCUT2D eigenvalue weighted by atomic mass is 16.5. The largest absolute Gasteiger partial charge is 0.478 e. The van der Waals surface area contributed by atoms with Gasteiger partial charge in [0.15, 0.2) is 5.82 Å². The highest BCUT2D eigenvalue weighted by molar-refractivity contribution is 5.96. The van der Waals surface area contributed by atoms with E-state index in [-0.39, 0.29) is 11.3 Å². The molecule has 1 heterocycles. The van der Waals surface area contributed by atoms with Crippen molar-refractivity contribution >= 4 is 17.5 Å². The number of hydrogen-bond acceptors (Lipinski definition) is 5. The van der Waals surface area contributed by atoms with Crippen molar-refractivity contribution in [3.63, 3.8) is 0 Å². The fourth-order valence-electron chi connectivity index (χ4n) is 1.79. The van der Waals surface area contributed by atoms with Gasteiger partial charge in [-0.2, -0.15) is 0 Å². The van der Waals surface area contributed by atoms with Gasteiger partial charge in [-0.15, -0.1) is 0 Å². The number of anilines is 2. The van der Waals surface area contributed by atoms with Crippen LogP contribution in [0.1, 0.15) is 23.2 Å². The molecule has 0 atom stereocenters. The molecule has 0 aromatic carbocycles. The first-order valence-corrected chi connectivity index (χ1v) is 6.36. The zero-order chi connectivity index (χ0) is 13.8. The molecule has 1 aromatic rings. The molecule has 104 valence electrons. The van der Waals surface area contributed by atoms with Crippen LogP contribution in [-0.2, 0) is 4.74 Å². The van der Waals surface area contributed by atoms with Gasteiger partial charge in [-0.3, -0.25) is 0 Å². The van der Waals surface area contributed by atoms with Crippen molar-refractivity contribution < 1.29 is 14.6 Å². The van der Waals surface area contributed by atoms with Crippen molar-refractivity contribution in [3.8, 4) is 0 Å². The number of nitrogens with zero attached hydrogens (tertiary/aromatic N) is 2. The number of carbonyl (C=O) groups is 1. The van der Waals surface area contributed by atoms with Crippen LogP contribution in [-0.4, -0.2) is 42.9 Å². The molecule has 0 spiro atoms. The van der Waals surface area contributed by atoms with E-state index in [4.69, 9.17) is 15.6 Å². The second kappa shape index (κ2) is 5.88. The van der Waals surface area contributed by atoms with Crippen molar-refractivity contribution in [3.05, 3.63) is 17.8 Å². The maximum atomic E-state index is 11.0. The molecule has 0 aliphatic heterocycles. The van der Waals surface area contributed by atoms with Crippen molar-refractivity contribution in [2.45, 2.75) is 12.8 Å². The molecule has 3 N–H and O–H groups in total. The summed E-state index contributed by atoms with van der Waals surface area (Å²) in [4.78, 5) is 16.9. The molecule has 1 aromatic heterocycles. The lowest BCUT2D eigenvalue weighted by atomic mass is 10.2. The maximum Gasteiger partial charge on any atom is 0.337 e. The summed E-state index contributed by atoms with van der Waals surface area (Å²) in [6, 6.07) is 1.40. The maximum absolute atomic E-state index is 11.0. The molecule has 2 rings (SSSR count). The summed E-state index contributed by atoms with van der Waals surface area (Å²) in [5, 5.41) is 9.00. The molecular weight excluding hydrogens is 246 g/mol. The highest BCUT2D eigenvalue weighted by Gasteiger charge is 2.21. The van der Waals surface area contributed by atoms with Gasteiger partial charge in [0.05, 0.1) is 17.9 Å². The summed E-state index contributed by atoms with van der Waals surface area (Å²) >= 11 is 0. The van der Waals surface area contributed by atoms with E-state index >= 15 is 0 Å². The molecule has 19 heavy (non-hydrogen) atoms. The van der Waals surface area contributed by atoms with E-state index in [0.717, 1.165) is 12.5 Å². The van der Waals surface area contributed by atoms with E-state index in [2.05, 4.69) is 4.98 Å². The fourth-order valence-corrected chi connectivity index (χ4v) is 1.79. The molecular formula is C13H19N3O3. The Morgan fingerprint density at radius 1 is 1.63 bits per heavy atom. The van der Waals surface area contributed by atoms with E-state index < -0.39 is 5.97 Å². The Morgan fingerprint density at radius 2 is 2.37 bits per heavy atom. The van der Waals surface area contributed by atoms with E-state index in [9.17, 15) is 4.79 Å². The minimum Gasteiger partial charge on any atom is -0.478 e. The van der Waals surface area contributed by atoms with Crippen molar-refractivity contribution in [1.82, 2.24) is 4.98 Å². The topological polar surface area (TPSA) is 88.7 Å². The smallest absolute Gasteiger partial charge is 0.337 e. The first-order valence-electron chi connectivity index (χ1n) is 6.36. The Balaban J connectivity index is 1.91. The van der Waals surface area contributed by atoms with Gasteiger partial charge in [-0.05, 0) is 24.8 Å². The average molecular weight is 265 g/mol. The lowest BCUT2D eigenvalue weighted by Crippen LogP contribution is -2.25. The van der Waals surface area contributed by atoms with Crippen molar-refractivity contribution in [1.29, 1.82) is 0 Å². The number of carboxylic acid groups (broad SMARTS) is 1. The van der Waals surface area contributed by atoms with E-state index in [1.54, 1.807) is 0 Å². The minimum atomic E-state index is -1.04. The van der Waals surface area contributed by atoms with Gasteiger partial charge < -0.3 is 20.5 Å². The number of hydrogen-bond donors (Lipinski definition) is 2. The first-order chi connectivity index (χ1) is 9.09. The van der Waals surface area contributed by atoms with E-state index in [0.29, 0.717) is 19.0 Å². The van der Waals surface area contributed by atoms with Gasteiger partial charge in [0.1, 0.15) is 0 Å². The van der Waals surface area contributed by atoms with Gasteiger partial charge in [-0.25, -0.2) is 9.78 Å². The van der Waals surface area contributed by atoms with Crippen LogP contribution in [0.5, 0.6) is 0 Å². The van der Waals surface area contributed by atoms with E-state index in [1.807, 2.05) is 11.9 Å². The third kappa shape index (κ3) is 3.57. The Labute approximate surface area is 112 Å². The van der Waals surface area contributed by atoms with Crippen LogP contribution in [0.2, 0.25) is 0 Å². The van der Waals surface area contributed by atoms with Gasteiger partial charge in [0.2, 0.25) is 0 Å². The summed E-state index contributed by atoms with van der Waals surface area (Å²) in [5.74, 6) is 0.179. The Hall–Kier alpha value is -1.82. The third-order valence-corrected chi connectivity index (χ3v) is 3.18. The third-order valence-electron chi connectivity index (χ3n) is 3.18. The van der Waals surface area contributed by atoms with Gasteiger partial charge >= 0.3 is 5.97 Å². The molecule has 1 saturated carbocycles. The number of pyridine rings is 1. The quantitative estimate of drug-likeness (QED) is 0.721. The summed E-state index contributed by atoms with van der Waals surface area (Å²) in [6.45, 7) is 2.03. The molecule has 6 heteroatoms. The normalized spacial score (nSPS) is 14.4. The Bertz CT molecular complexity index is 460. The number of aromatic carboxylic acids is 1. The van der Waals surface area contributed by atoms with Crippen LogP contribution in [0.4, 0.5) is 11.5 Å². The standard InChI is InChI=1S/C13H19N3O3/c1-16(6-7-19-8-9-2-3-9)12-11(14)10(13(17)18)4-5-15-12/h4-5,9H,2-3,6-8,14H2,1H3,(H,17,18). The van der Waals surface area contributed by atoms with Crippen molar-refractivity contribution in [2.24, 2.45) is 5.92 Å². The minimum absolute atomic E-state index is 0.0794. The molecule has 0 unspecified atom stereocenters. The predicted octanol–water partition coefficient (Wildman–Crippen LogP) is 1.22. The first kappa shape index (κ1) is 13.6. The number of likely N-dealkylation sites (N-methyl/N-ethyl adjacent to an activating group) is 1. The SMILES string of the molecule is CN(CCOCC1CC1)c1nccc(C(=O)O)c1N. The van der Waals surface area contributed by atoms with E-state index in [1.165, 1.54) is 25.1 Å². The molecule has 0 radical (unpaired) electrons. The predicted molar refractivity (Wildman–Crippen MR) is 72.4 cm³/mol. The van der Waals surface area contributed by atoms with Gasteiger partial charge in [0, 0.05) is 26.4 Å². The fraction of sp³-hybridized carbons (Fsp3) is 0.538. The van der Waals surface area contributed by atoms with Gasteiger partial charge in [-0.1, -0.05) is 0 Å². The number of aromatic nitrogens is 1. The summed E-state index contributed by atoms with van der Waals surface area (Å²) in [5.41, 5.74) is 6.10. The molecule has 1 aliphatic rings. The molecule has 0 saturated heterocycles. The second-order valence-electron chi connectivity index (χ2n) is 4.84. The van der Waals surface area contributed by atoms with Crippen LogP contribution >= 0.6 is 0 Å². The number of rotatable bonds is 7. The van der Waals surface area contributed by atoms with Crippen LogP contribution in [0, 0.1) is 5.92 Å².